The second-order valence-corrected chi connectivity index (χ2v) is 4.79. The average molecular weight is 292 g/mol. The van der Waals surface area contributed by atoms with Gasteiger partial charge in [0.05, 0.1) is 12.2 Å². The monoisotopic (exact) mass is 291 g/mol. The normalized spacial score (nSPS) is 10.3. The number of hydrogen-bond donors (Lipinski definition) is 1. The van der Waals surface area contributed by atoms with Crippen molar-refractivity contribution in [3.63, 3.8) is 0 Å². The van der Waals surface area contributed by atoms with Gasteiger partial charge in [-0.25, -0.2) is 9.97 Å². The zero-order chi connectivity index (χ0) is 12.3. The maximum absolute atomic E-state index is 4.35. The van der Waals surface area contributed by atoms with Crippen molar-refractivity contribution >= 4 is 21.6 Å². The number of nitrogens with zero attached hydrogens (tertiary/aromatic N) is 2. The van der Waals surface area contributed by atoms with E-state index in [4.69, 9.17) is 0 Å². The van der Waals surface area contributed by atoms with Crippen LogP contribution in [0.4, 0.5) is 5.69 Å². The fraction of sp³-hybridized carbons (Fsp3) is 0.231. The fourth-order valence-corrected chi connectivity index (χ4v) is 1.95. The van der Waals surface area contributed by atoms with Gasteiger partial charge in [0.15, 0.2) is 0 Å². The number of rotatable bonds is 3. The molecule has 0 bridgehead atoms. The van der Waals surface area contributed by atoms with E-state index in [1.165, 1.54) is 5.56 Å². The Morgan fingerprint density at radius 1 is 1.24 bits per heavy atom. The second-order valence-electron chi connectivity index (χ2n) is 3.93. The molecule has 1 aromatic heterocycles. The molecule has 0 saturated heterocycles. The highest BCUT2D eigenvalue weighted by atomic mass is 79.9. The highest BCUT2D eigenvalue weighted by Gasteiger charge is 2.01. The second kappa shape index (κ2) is 5.27. The van der Waals surface area contributed by atoms with Crippen LogP contribution in [0.2, 0.25) is 0 Å². The van der Waals surface area contributed by atoms with Gasteiger partial charge in [0.25, 0.3) is 0 Å². The molecule has 17 heavy (non-hydrogen) atoms. The van der Waals surface area contributed by atoms with Crippen molar-refractivity contribution in [2.45, 2.75) is 20.4 Å². The van der Waals surface area contributed by atoms with Crippen LogP contribution in [0.15, 0.2) is 34.9 Å². The lowest BCUT2D eigenvalue weighted by Gasteiger charge is -2.09. The zero-order valence-corrected chi connectivity index (χ0v) is 11.5. The number of nitrogens with one attached hydrogen (secondary N) is 1. The van der Waals surface area contributed by atoms with Crippen LogP contribution in [-0.2, 0) is 6.54 Å². The van der Waals surface area contributed by atoms with Crippen molar-refractivity contribution in [3.05, 3.63) is 52.0 Å². The van der Waals surface area contributed by atoms with Crippen molar-refractivity contribution in [3.8, 4) is 0 Å². The Balaban J connectivity index is 2.09. The molecule has 0 amide bonds. The molecule has 0 saturated carbocycles. The lowest BCUT2D eigenvalue weighted by molar-refractivity contribution is 0.954. The van der Waals surface area contributed by atoms with Gasteiger partial charge in [0.1, 0.15) is 5.82 Å². The molecule has 0 unspecified atom stereocenters. The fourth-order valence-electron chi connectivity index (χ4n) is 1.56. The molecular formula is C13H14BrN3. The van der Waals surface area contributed by atoms with E-state index in [1.807, 2.05) is 19.1 Å². The summed E-state index contributed by atoms with van der Waals surface area (Å²) in [6.07, 6.45) is 1.78. The standard InChI is InChI=1S/C13H14BrN3/c1-9-3-4-12(14)13(7-9)16-8-11-5-6-15-10(2)17-11/h3-7,16H,8H2,1-2H3. The van der Waals surface area contributed by atoms with Crippen molar-refractivity contribution in [1.29, 1.82) is 0 Å². The first-order valence-corrected chi connectivity index (χ1v) is 6.23. The highest BCUT2D eigenvalue weighted by Crippen LogP contribution is 2.23. The molecular weight excluding hydrogens is 278 g/mol. The lowest BCUT2D eigenvalue weighted by atomic mass is 10.2. The molecule has 0 fully saturated rings. The molecule has 88 valence electrons. The van der Waals surface area contributed by atoms with E-state index in [2.05, 4.69) is 50.3 Å². The van der Waals surface area contributed by atoms with E-state index >= 15 is 0 Å². The summed E-state index contributed by atoms with van der Waals surface area (Å²) >= 11 is 3.52. The topological polar surface area (TPSA) is 37.8 Å². The Hall–Kier alpha value is -1.42. The zero-order valence-electron chi connectivity index (χ0n) is 9.87. The van der Waals surface area contributed by atoms with Crippen molar-refractivity contribution < 1.29 is 0 Å². The third-order valence-corrected chi connectivity index (χ3v) is 3.11. The molecule has 0 radical (unpaired) electrons. The smallest absolute Gasteiger partial charge is 0.125 e. The van der Waals surface area contributed by atoms with Gasteiger partial charge in [0, 0.05) is 16.4 Å². The molecule has 1 heterocycles. The summed E-state index contributed by atoms with van der Waals surface area (Å²) in [4.78, 5) is 8.43. The first-order valence-electron chi connectivity index (χ1n) is 5.44. The van der Waals surface area contributed by atoms with Crippen LogP contribution in [0.1, 0.15) is 17.1 Å². The van der Waals surface area contributed by atoms with Gasteiger partial charge in [-0.1, -0.05) is 6.07 Å². The third kappa shape index (κ3) is 3.27. The third-order valence-electron chi connectivity index (χ3n) is 2.42. The van der Waals surface area contributed by atoms with Gasteiger partial charge in [0.2, 0.25) is 0 Å². The summed E-state index contributed by atoms with van der Waals surface area (Å²) in [6, 6.07) is 8.15. The molecule has 0 aliphatic heterocycles. The lowest BCUT2D eigenvalue weighted by Crippen LogP contribution is -2.03. The first-order chi connectivity index (χ1) is 8.15. The SMILES string of the molecule is Cc1ccc(Br)c(NCc2ccnc(C)n2)c1. The van der Waals surface area contributed by atoms with Crippen molar-refractivity contribution in [2.75, 3.05) is 5.32 Å². The number of hydrogen-bond acceptors (Lipinski definition) is 3. The van der Waals surface area contributed by atoms with E-state index in [0.29, 0.717) is 6.54 Å². The van der Waals surface area contributed by atoms with Gasteiger partial charge in [-0.3, -0.25) is 0 Å². The van der Waals surface area contributed by atoms with Crippen molar-refractivity contribution in [2.24, 2.45) is 0 Å². The Labute approximate surface area is 109 Å². The minimum absolute atomic E-state index is 0.700. The van der Waals surface area contributed by atoms with E-state index in [0.717, 1.165) is 21.7 Å². The Morgan fingerprint density at radius 2 is 2.06 bits per heavy atom. The Kier molecular flexibility index (Phi) is 3.74. The maximum atomic E-state index is 4.35. The summed E-state index contributed by atoms with van der Waals surface area (Å²) in [5.41, 5.74) is 3.31. The summed E-state index contributed by atoms with van der Waals surface area (Å²) in [5.74, 6) is 0.799. The quantitative estimate of drug-likeness (QED) is 0.941. The molecule has 0 spiro atoms. The van der Waals surface area contributed by atoms with Crippen LogP contribution in [0.3, 0.4) is 0 Å². The molecule has 1 aromatic carbocycles. The summed E-state index contributed by atoms with van der Waals surface area (Å²) in [5, 5.41) is 3.36. The van der Waals surface area contributed by atoms with E-state index < -0.39 is 0 Å². The average Bonchev–Trinajstić information content (AvgIpc) is 2.30. The summed E-state index contributed by atoms with van der Waals surface area (Å²) in [6.45, 7) is 4.67. The molecule has 0 aliphatic rings. The first kappa shape index (κ1) is 12.0. The van der Waals surface area contributed by atoms with Crippen LogP contribution in [0.25, 0.3) is 0 Å². The van der Waals surface area contributed by atoms with Crippen LogP contribution in [-0.4, -0.2) is 9.97 Å². The van der Waals surface area contributed by atoms with Gasteiger partial charge in [-0.2, -0.15) is 0 Å². The summed E-state index contributed by atoms with van der Waals surface area (Å²) in [7, 11) is 0. The number of aryl methyl sites for hydroxylation is 2. The van der Waals surface area contributed by atoms with Gasteiger partial charge < -0.3 is 5.32 Å². The maximum Gasteiger partial charge on any atom is 0.125 e. The number of aromatic nitrogens is 2. The Bertz CT molecular complexity index is 526. The molecule has 0 atom stereocenters. The van der Waals surface area contributed by atoms with Crippen LogP contribution in [0, 0.1) is 13.8 Å². The van der Waals surface area contributed by atoms with E-state index in [1.54, 1.807) is 6.20 Å². The number of benzene rings is 1. The molecule has 2 rings (SSSR count). The highest BCUT2D eigenvalue weighted by molar-refractivity contribution is 9.10. The Morgan fingerprint density at radius 3 is 2.82 bits per heavy atom. The van der Waals surface area contributed by atoms with Crippen LogP contribution < -0.4 is 5.32 Å². The van der Waals surface area contributed by atoms with Crippen LogP contribution in [0.5, 0.6) is 0 Å². The molecule has 0 aliphatic carbocycles. The summed E-state index contributed by atoms with van der Waals surface area (Å²) < 4.78 is 1.06. The van der Waals surface area contributed by atoms with Crippen molar-refractivity contribution in [1.82, 2.24) is 9.97 Å². The van der Waals surface area contributed by atoms with E-state index in [-0.39, 0.29) is 0 Å². The predicted molar refractivity (Wildman–Crippen MR) is 73.0 cm³/mol. The molecule has 3 nitrogen and oxygen atoms in total. The molecule has 1 N–H and O–H groups in total. The molecule has 2 aromatic rings. The van der Waals surface area contributed by atoms with E-state index in [9.17, 15) is 0 Å². The van der Waals surface area contributed by atoms with Gasteiger partial charge in [-0.15, -0.1) is 0 Å². The number of halogens is 1. The predicted octanol–water partition coefficient (Wildman–Crippen LogP) is 3.47. The number of anilines is 1. The van der Waals surface area contributed by atoms with Gasteiger partial charge in [-0.05, 0) is 53.5 Å². The minimum Gasteiger partial charge on any atom is -0.378 e. The van der Waals surface area contributed by atoms with Crippen LogP contribution >= 0.6 is 15.9 Å². The van der Waals surface area contributed by atoms with Gasteiger partial charge >= 0.3 is 0 Å². The molecule has 4 heteroatoms. The largest absolute Gasteiger partial charge is 0.378 e. The minimum atomic E-state index is 0.700.